The molecule has 10 nitrogen and oxygen atoms in total. The first kappa shape index (κ1) is 34.5. The lowest BCUT2D eigenvalue weighted by atomic mass is 9.90. The van der Waals surface area contributed by atoms with Gasteiger partial charge in [-0.25, -0.2) is 14.8 Å². The molecule has 5 heterocycles. The van der Waals surface area contributed by atoms with Crippen LogP contribution >= 0.6 is 22.9 Å². The number of fused-ring (bicyclic) bond motifs is 2. The fraction of sp³-hybridized carbons (Fsp3) is 0.447. The summed E-state index contributed by atoms with van der Waals surface area (Å²) in [5, 5.41) is 6.42. The lowest BCUT2D eigenvalue weighted by Gasteiger charge is -2.46. The Balaban J connectivity index is 1.25. The largest absolute Gasteiger partial charge is 0.453 e. The number of amides is 1. The smallest absolute Gasteiger partial charge is 0.409 e. The molecule has 1 amide bonds. The molecule has 2 aromatic carbocycles. The molecule has 0 unspecified atom stereocenters. The van der Waals surface area contributed by atoms with E-state index in [4.69, 9.17) is 36.1 Å². The molecule has 0 N–H and O–H groups in total. The third-order valence-electron chi connectivity index (χ3n) is 9.83. The number of carbonyl (C=O) groups is 2. The van der Waals surface area contributed by atoms with Gasteiger partial charge in [0.2, 0.25) is 0 Å². The van der Waals surface area contributed by atoms with Gasteiger partial charge in [-0.05, 0) is 102 Å². The molecule has 0 aliphatic carbocycles. The summed E-state index contributed by atoms with van der Waals surface area (Å²) < 4.78 is 14.2. The fourth-order valence-electron chi connectivity index (χ4n) is 7.32. The lowest BCUT2D eigenvalue weighted by Crippen LogP contribution is -2.62. The molecule has 2 saturated heterocycles. The van der Waals surface area contributed by atoms with Gasteiger partial charge in [-0.3, -0.25) is 14.4 Å². The van der Waals surface area contributed by atoms with E-state index in [0.717, 1.165) is 98.9 Å². The molecular weight excluding hydrogens is 672 g/mol. The molecular formula is C38H43ClN6O4S. The Bertz CT molecular complexity index is 2090. The minimum atomic E-state index is -0.745. The maximum Gasteiger partial charge on any atom is 0.409 e. The van der Waals surface area contributed by atoms with Crippen LogP contribution in [0.3, 0.4) is 0 Å². The number of rotatable bonds is 7. The maximum atomic E-state index is 13.2. The molecule has 0 radical (unpaired) electrons. The van der Waals surface area contributed by atoms with Crippen LogP contribution in [0.2, 0.25) is 5.02 Å². The second-order valence-electron chi connectivity index (χ2n) is 14.5. The maximum absolute atomic E-state index is 13.2. The van der Waals surface area contributed by atoms with Gasteiger partial charge in [-0.1, -0.05) is 23.7 Å². The van der Waals surface area contributed by atoms with Crippen molar-refractivity contribution >= 4 is 56.1 Å². The first-order valence-electron chi connectivity index (χ1n) is 17.1. The summed E-state index contributed by atoms with van der Waals surface area (Å²) in [6.45, 7) is 12.9. The van der Waals surface area contributed by atoms with E-state index >= 15 is 0 Å². The van der Waals surface area contributed by atoms with Crippen molar-refractivity contribution in [2.24, 2.45) is 7.05 Å². The summed E-state index contributed by atoms with van der Waals surface area (Å²) in [5.41, 5.74) is 7.69. The summed E-state index contributed by atoms with van der Waals surface area (Å²) in [6.07, 6.45) is 0.964. The zero-order valence-corrected chi connectivity index (χ0v) is 31.2. The van der Waals surface area contributed by atoms with Gasteiger partial charge in [-0.2, -0.15) is 5.10 Å². The second kappa shape index (κ2) is 13.3. The van der Waals surface area contributed by atoms with E-state index in [-0.39, 0.29) is 17.8 Å². The Kier molecular flexibility index (Phi) is 9.21. The van der Waals surface area contributed by atoms with E-state index in [9.17, 15) is 9.59 Å². The summed E-state index contributed by atoms with van der Waals surface area (Å²) >= 11 is 7.89. The van der Waals surface area contributed by atoms with Crippen molar-refractivity contribution < 1.29 is 19.1 Å². The van der Waals surface area contributed by atoms with Crippen LogP contribution in [-0.2, 0) is 21.3 Å². The molecule has 5 aromatic rings. The summed E-state index contributed by atoms with van der Waals surface area (Å²) in [6, 6.07) is 14.3. The predicted octanol–water partition coefficient (Wildman–Crippen LogP) is 7.95. The molecule has 0 spiro atoms. The van der Waals surface area contributed by atoms with Gasteiger partial charge < -0.3 is 14.4 Å². The van der Waals surface area contributed by atoms with Crippen LogP contribution in [0.25, 0.3) is 43.1 Å². The Labute approximate surface area is 301 Å². The fourth-order valence-corrected chi connectivity index (χ4v) is 8.54. The van der Waals surface area contributed by atoms with Gasteiger partial charge in [0.15, 0.2) is 5.78 Å². The van der Waals surface area contributed by atoms with Crippen LogP contribution in [0.1, 0.15) is 69.4 Å². The van der Waals surface area contributed by atoms with E-state index in [1.807, 2.05) is 69.8 Å². The number of nitrogens with zero attached hydrogens (tertiary/aromatic N) is 6. The molecule has 2 aliphatic heterocycles. The quantitative estimate of drug-likeness (QED) is 0.167. The van der Waals surface area contributed by atoms with Gasteiger partial charge >= 0.3 is 6.09 Å². The third kappa shape index (κ3) is 6.52. The summed E-state index contributed by atoms with van der Waals surface area (Å²) in [5.74, 6) is 0.234. The number of halogens is 1. The molecule has 2 aliphatic rings. The molecule has 0 bridgehead atoms. The molecule has 0 saturated carbocycles. The average Bonchev–Trinajstić information content (AvgIpc) is 3.63. The SMILES string of the molecule is COC(=O)N1CC(N2CCC(c3nn(C)c4ccc(-c5nc6cc(C)c([C@H](OC(C)(C)C)C(C)=O)c(-c7ccc(Cl)cc7)c6s5)nc34)CC2)C1. The number of methoxy groups -OCH3 is 1. The van der Waals surface area contributed by atoms with Crippen molar-refractivity contribution in [2.45, 2.75) is 71.1 Å². The number of Topliss-reactive ketones (excluding diaryl/α,β-unsaturated/α-hetero) is 1. The number of carbonyl (C=O) groups excluding carboxylic acids is 2. The summed E-state index contributed by atoms with van der Waals surface area (Å²) in [4.78, 5) is 39.6. The van der Waals surface area contributed by atoms with E-state index < -0.39 is 11.7 Å². The van der Waals surface area contributed by atoms with Crippen molar-refractivity contribution in [1.82, 2.24) is 29.5 Å². The highest BCUT2D eigenvalue weighted by Crippen LogP contribution is 2.45. The number of thiazole rings is 1. The van der Waals surface area contributed by atoms with Gasteiger partial charge in [0.1, 0.15) is 16.6 Å². The van der Waals surface area contributed by atoms with Crippen molar-refractivity contribution in [3.8, 4) is 21.8 Å². The van der Waals surface area contributed by atoms with E-state index in [2.05, 4.69) is 17.0 Å². The minimum absolute atomic E-state index is 0.0553. The topological polar surface area (TPSA) is 103 Å². The molecule has 1 atom stereocenters. The Morgan fingerprint density at radius 1 is 1.04 bits per heavy atom. The van der Waals surface area contributed by atoms with Gasteiger partial charge in [0.05, 0.1) is 39.8 Å². The first-order chi connectivity index (χ1) is 23.8. The molecule has 50 heavy (non-hydrogen) atoms. The molecule has 3 aromatic heterocycles. The van der Waals surface area contributed by atoms with Crippen LogP contribution < -0.4 is 0 Å². The highest BCUT2D eigenvalue weighted by atomic mass is 35.5. The number of ether oxygens (including phenoxy) is 2. The molecule has 2 fully saturated rings. The summed E-state index contributed by atoms with van der Waals surface area (Å²) in [7, 11) is 3.41. The second-order valence-corrected chi connectivity index (χ2v) is 15.9. The number of benzene rings is 2. The molecule has 7 rings (SSSR count). The van der Waals surface area contributed by atoms with Gasteiger partial charge in [0, 0.05) is 48.2 Å². The Morgan fingerprint density at radius 2 is 1.74 bits per heavy atom. The van der Waals surface area contributed by atoms with Crippen molar-refractivity contribution in [3.05, 3.63) is 64.3 Å². The first-order valence-corrected chi connectivity index (χ1v) is 18.3. The van der Waals surface area contributed by atoms with E-state index in [1.54, 1.807) is 23.2 Å². The van der Waals surface area contributed by atoms with Crippen molar-refractivity contribution in [3.63, 3.8) is 0 Å². The number of hydrogen-bond donors (Lipinski definition) is 0. The normalized spacial score (nSPS) is 17.0. The Hall–Kier alpha value is -3.90. The van der Waals surface area contributed by atoms with Crippen molar-refractivity contribution in [1.29, 1.82) is 0 Å². The van der Waals surface area contributed by atoms with Gasteiger partial charge in [-0.15, -0.1) is 11.3 Å². The number of aryl methyl sites for hydroxylation is 2. The number of hydrogen-bond acceptors (Lipinski definition) is 9. The number of likely N-dealkylation sites (tertiary alicyclic amines) is 2. The van der Waals surface area contributed by atoms with Crippen LogP contribution in [0.15, 0.2) is 42.5 Å². The number of ketones is 1. The third-order valence-corrected chi connectivity index (χ3v) is 11.2. The zero-order valence-electron chi connectivity index (χ0n) is 29.6. The van der Waals surface area contributed by atoms with E-state index in [0.29, 0.717) is 11.1 Å². The van der Waals surface area contributed by atoms with Gasteiger partial charge in [0.25, 0.3) is 0 Å². The standard InChI is InChI=1S/C38H43ClN6O4S/c1-21-18-28-35(31(23-8-10-25(39)11-9-23)30(21)34(22(2)46)49-38(3,4)5)50-36(41-28)27-12-13-29-33(40-27)32(42-43(29)6)24-14-16-44(17-15-24)26-19-45(20-26)37(47)48-7/h8-13,18,24,26,34H,14-17,19-20H2,1-7H3/t34-/m1/s1. The molecule has 262 valence electrons. The van der Waals surface area contributed by atoms with Crippen molar-refractivity contribution in [2.75, 3.05) is 33.3 Å². The zero-order chi connectivity index (χ0) is 35.5. The van der Waals surface area contributed by atoms with Crippen LogP contribution in [0.4, 0.5) is 4.79 Å². The lowest BCUT2D eigenvalue weighted by molar-refractivity contribution is -0.138. The molecule has 12 heteroatoms. The number of pyridine rings is 1. The number of piperidine rings is 1. The monoisotopic (exact) mass is 714 g/mol. The predicted molar refractivity (Wildman–Crippen MR) is 198 cm³/mol. The van der Waals surface area contributed by atoms with E-state index in [1.165, 1.54) is 7.11 Å². The average molecular weight is 715 g/mol. The highest BCUT2D eigenvalue weighted by molar-refractivity contribution is 7.22. The highest BCUT2D eigenvalue weighted by Gasteiger charge is 2.38. The van der Waals surface area contributed by atoms with Crippen LogP contribution in [0, 0.1) is 6.92 Å². The number of aromatic nitrogens is 4. The Morgan fingerprint density at radius 3 is 2.38 bits per heavy atom. The van der Waals surface area contributed by atoms with Crippen LogP contribution in [-0.4, -0.2) is 86.4 Å². The minimum Gasteiger partial charge on any atom is -0.453 e. The van der Waals surface area contributed by atoms with Crippen LogP contribution in [0.5, 0.6) is 0 Å².